The maximum absolute atomic E-state index is 12.0. The number of thiazole rings is 1. The molecule has 1 fully saturated rings. The van der Waals surface area contributed by atoms with Crippen LogP contribution in [0.15, 0.2) is 0 Å². The number of amides is 3. The standard InChI is InChI=1S/C14H19ClN4O2S/c15-7-12(20)19-6-5-10-11(8-19)22-14(17-10)18-13(21)16-9-3-1-2-4-9/h9H,1-8H2,(H2,16,17,18,21). The van der Waals surface area contributed by atoms with Gasteiger partial charge in [0.1, 0.15) is 5.88 Å². The predicted octanol–water partition coefficient (Wildman–Crippen LogP) is 2.33. The van der Waals surface area contributed by atoms with Crippen molar-refractivity contribution in [3.05, 3.63) is 10.6 Å². The van der Waals surface area contributed by atoms with Crippen LogP contribution >= 0.6 is 22.9 Å². The van der Waals surface area contributed by atoms with Crippen LogP contribution in [-0.4, -0.2) is 40.3 Å². The van der Waals surface area contributed by atoms with Crippen molar-refractivity contribution in [3.63, 3.8) is 0 Å². The van der Waals surface area contributed by atoms with Crippen molar-refractivity contribution in [2.24, 2.45) is 0 Å². The maximum atomic E-state index is 12.0. The summed E-state index contributed by atoms with van der Waals surface area (Å²) in [7, 11) is 0. The fraction of sp³-hybridized carbons (Fsp3) is 0.643. The third kappa shape index (κ3) is 3.52. The summed E-state index contributed by atoms with van der Waals surface area (Å²) in [6, 6.07) is 0.0955. The summed E-state index contributed by atoms with van der Waals surface area (Å²) in [6.07, 6.45) is 5.18. The van der Waals surface area contributed by atoms with E-state index >= 15 is 0 Å². The highest BCUT2D eigenvalue weighted by Gasteiger charge is 2.24. The van der Waals surface area contributed by atoms with Crippen LogP contribution in [0.2, 0.25) is 0 Å². The zero-order valence-electron chi connectivity index (χ0n) is 12.2. The molecule has 0 atom stereocenters. The number of hydrogen-bond donors (Lipinski definition) is 2. The second kappa shape index (κ2) is 6.83. The van der Waals surface area contributed by atoms with Gasteiger partial charge >= 0.3 is 6.03 Å². The number of hydrogen-bond acceptors (Lipinski definition) is 4. The quantitative estimate of drug-likeness (QED) is 0.828. The van der Waals surface area contributed by atoms with Gasteiger partial charge in [0, 0.05) is 23.9 Å². The zero-order chi connectivity index (χ0) is 15.5. The largest absolute Gasteiger partial charge is 0.336 e. The first-order valence-corrected chi connectivity index (χ1v) is 8.90. The van der Waals surface area contributed by atoms with E-state index < -0.39 is 0 Å². The van der Waals surface area contributed by atoms with Crippen LogP contribution in [0.25, 0.3) is 0 Å². The van der Waals surface area contributed by atoms with Gasteiger partial charge in [0.25, 0.3) is 0 Å². The van der Waals surface area contributed by atoms with E-state index in [0.717, 1.165) is 23.4 Å². The Bertz CT molecular complexity index is 571. The van der Waals surface area contributed by atoms with Gasteiger partial charge in [-0.15, -0.1) is 11.6 Å². The van der Waals surface area contributed by atoms with E-state index in [2.05, 4.69) is 15.6 Å². The number of alkyl halides is 1. The van der Waals surface area contributed by atoms with Gasteiger partial charge in [0.15, 0.2) is 5.13 Å². The third-order valence-electron chi connectivity index (χ3n) is 4.11. The molecule has 120 valence electrons. The van der Waals surface area contributed by atoms with E-state index in [-0.39, 0.29) is 23.9 Å². The Hall–Kier alpha value is -1.34. The van der Waals surface area contributed by atoms with Crippen molar-refractivity contribution in [2.75, 3.05) is 17.7 Å². The Morgan fingerprint density at radius 2 is 2.14 bits per heavy atom. The minimum absolute atomic E-state index is 0.00301. The van der Waals surface area contributed by atoms with Crippen LogP contribution in [0.1, 0.15) is 36.3 Å². The molecule has 0 aromatic carbocycles. The minimum Gasteiger partial charge on any atom is -0.336 e. The number of urea groups is 1. The van der Waals surface area contributed by atoms with Crippen molar-refractivity contribution < 1.29 is 9.59 Å². The number of rotatable bonds is 3. The summed E-state index contributed by atoms with van der Waals surface area (Å²) in [5.41, 5.74) is 0.972. The number of aromatic nitrogens is 1. The van der Waals surface area contributed by atoms with Gasteiger partial charge in [-0.3, -0.25) is 10.1 Å². The number of carbonyl (C=O) groups excluding carboxylic acids is 2. The van der Waals surface area contributed by atoms with Crippen molar-refractivity contribution in [3.8, 4) is 0 Å². The summed E-state index contributed by atoms with van der Waals surface area (Å²) < 4.78 is 0. The van der Waals surface area contributed by atoms with Crippen LogP contribution in [-0.2, 0) is 17.8 Å². The molecule has 1 aromatic rings. The van der Waals surface area contributed by atoms with Crippen LogP contribution < -0.4 is 10.6 Å². The first-order chi connectivity index (χ1) is 10.7. The summed E-state index contributed by atoms with van der Waals surface area (Å²) in [4.78, 5) is 30.8. The van der Waals surface area contributed by atoms with E-state index in [1.54, 1.807) is 4.90 Å². The number of nitrogens with one attached hydrogen (secondary N) is 2. The molecule has 2 aliphatic rings. The van der Waals surface area contributed by atoms with Gasteiger partial charge in [0.2, 0.25) is 5.91 Å². The van der Waals surface area contributed by atoms with Gasteiger partial charge < -0.3 is 10.2 Å². The Balaban J connectivity index is 1.59. The Labute approximate surface area is 138 Å². The molecule has 2 N–H and O–H groups in total. The molecule has 0 spiro atoms. The lowest BCUT2D eigenvalue weighted by molar-refractivity contribution is -0.129. The number of halogens is 1. The molecule has 22 heavy (non-hydrogen) atoms. The van der Waals surface area contributed by atoms with Gasteiger partial charge in [-0.05, 0) is 12.8 Å². The van der Waals surface area contributed by atoms with Crippen LogP contribution in [0.4, 0.5) is 9.93 Å². The van der Waals surface area contributed by atoms with Gasteiger partial charge in [-0.2, -0.15) is 0 Å². The van der Waals surface area contributed by atoms with Crippen LogP contribution in [0.5, 0.6) is 0 Å². The van der Waals surface area contributed by atoms with Gasteiger partial charge in [0.05, 0.1) is 12.2 Å². The maximum Gasteiger partial charge on any atom is 0.321 e. The van der Waals surface area contributed by atoms with E-state index in [9.17, 15) is 9.59 Å². The molecule has 0 saturated heterocycles. The predicted molar refractivity (Wildman–Crippen MR) is 86.4 cm³/mol. The summed E-state index contributed by atoms with van der Waals surface area (Å²) in [5, 5.41) is 6.39. The number of fused-ring (bicyclic) bond motifs is 1. The van der Waals surface area contributed by atoms with E-state index in [4.69, 9.17) is 11.6 Å². The highest BCUT2D eigenvalue weighted by atomic mass is 35.5. The van der Waals surface area contributed by atoms with E-state index in [1.807, 2.05) is 0 Å². The highest BCUT2D eigenvalue weighted by molar-refractivity contribution is 7.15. The monoisotopic (exact) mass is 342 g/mol. The van der Waals surface area contributed by atoms with Crippen LogP contribution in [0.3, 0.4) is 0 Å². The Kier molecular flexibility index (Phi) is 4.83. The fourth-order valence-corrected chi connectivity index (χ4v) is 4.12. The Morgan fingerprint density at radius 1 is 1.36 bits per heavy atom. The lowest BCUT2D eigenvalue weighted by Gasteiger charge is -2.25. The molecule has 0 radical (unpaired) electrons. The molecule has 2 heterocycles. The lowest BCUT2D eigenvalue weighted by Crippen LogP contribution is -2.36. The molecular weight excluding hydrogens is 324 g/mol. The number of nitrogens with zero attached hydrogens (tertiary/aromatic N) is 2. The summed E-state index contributed by atoms with van der Waals surface area (Å²) in [6.45, 7) is 1.17. The van der Waals surface area contributed by atoms with E-state index in [0.29, 0.717) is 24.6 Å². The fourth-order valence-electron chi connectivity index (χ4n) is 2.94. The average Bonchev–Trinajstić information content (AvgIpc) is 3.14. The second-order valence-electron chi connectivity index (χ2n) is 5.67. The molecule has 1 aromatic heterocycles. The Morgan fingerprint density at radius 3 is 2.86 bits per heavy atom. The first-order valence-electron chi connectivity index (χ1n) is 7.55. The molecule has 3 rings (SSSR count). The first kappa shape index (κ1) is 15.6. The smallest absolute Gasteiger partial charge is 0.321 e. The SMILES string of the molecule is O=C(Nc1nc2c(s1)CN(C(=O)CCl)CC2)NC1CCCC1. The van der Waals surface area contributed by atoms with Crippen molar-refractivity contribution in [1.82, 2.24) is 15.2 Å². The van der Waals surface area contributed by atoms with Gasteiger partial charge in [-0.25, -0.2) is 9.78 Å². The molecule has 1 aliphatic heterocycles. The summed E-state index contributed by atoms with van der Waals surface area (Å²) >= 11 is 7.03. The van der Waals surface area contributed by atoms with Crippen molar-refractivity contribution in [2.45, 2.75) is 44.7 Å². The third-order valence-corrected chi connectivity index (χ3v) is 5.34. The number of anilines is 1. The molecule has 1 aliphatic carbocycles. The average molecular weight is 343 g/mol. The van der Waals surface area contributed by atoms with Crippen LogP contribution in [0, 0.1) is 0 Å². The minimum atomic E-state index is -0.188. The molecular formula is C14H19ClN4O2S. The molecule has 0 unspecified atom stereocenters. The molecule has 3 amide bonds. The van der Waals surface area contributed by atoms with Crippen molar-refractivity contribution >= 4 is 40.0 Å². The lowest BCUT2D eigenvalue weighted by atomic mass is 10.2. The normalized spacial score (nSPS) is 18.1. The molecule has 6 nitrogen and oxygen atoms in total. The summed E-state index contributed by atoms with van der Waals surface area (Å²) in [5.74, 6) is -0.0579. The molecule has 8 heteroatoms. The zero-order valence-corrected chi connectivity index (χ0v) is 13.8. The molecule has 1 saturated carbocycles. The topological polar surface area (TPSA) is 74.3 Å². The van der Waals surface area contributed by atoms with Gasteiger partial charge in [-0.1, -0.05) is 24.2 Å². The van der Waals surface area contributed by atoms with Crippen molar-refractivity contribution in [1.29, 1.82) is 0 Å². The second-order valence-corrected chi connectivity index (χ2v) is 7.02. The molecule has 0 bridgehead atoms. The highest BCUT2D eigenvalue weighted by Crippen LogP contribution is 2.28. The number of carbonyl (C=O) groups is 2. The van der Waals surface area contributed by atoms with E-state index in [1.165, 1.54) is 24.2 Å².